The monoisotopic (exact) mass is 342 g/mol. The molecule has 11 nitrogen and oxygen atoms in total. The minimum atomic E-state index is -4.46. The SMILES string of the molecule is C/C(=C/C(=O)O)C(=O)O.O=C(O)CC(CS(=O)(=O)O)C(=O)O. The molecule has 0 rings (SSSR count). The summed E-state index contributed by atoms with van der Waals surface area (Å²) in [6.07, 6.45) is -0.197. The molecule has 0 aliphatic heterocycles. The van der Waals surface area contributed by atoms with Crippen LogP contribution >= 0.6 is 0 Å². The van der Waals surface area contributed by atoms with Crippen LogP contribution in [-0.4, -0.2) is 63.0 Å². The van der Waals surface area contributed by atoms with Gasteiger partial charge in [-0.15, -0.1) is 0 Å². The average molecular weight is 342 g/mol. The maximum Gasteiger partial charge on any atom is 0.331 e. The summed E-state index contributed by atoms with van der Waals surface area (Å²) in [6, 6.07) is 0. The second-order valence-corrected chi connectivity index (χ2v) is 5.35. The molecule has 0 saturated heterocycles. The van der Waals surface area contributed by atoms with Crippen LogP contribution < -0.4 is 0 Å². The predicted octanol–water partition coefficient (Wildman–Crippen LogP) is -0.848. The largest absolute Gasteiger partial charge is 0.481 e. The third-order valence-electron chi connectivity index (χ3n) is 1.86. The molecule has 0 heterocycles. The molecule has 1 unspecified atom stereocenters. The Morgan fingerprint density at radius 2 is 1.50 bits per heavy atom. The zero-order valence-electron chi connectivity index (χ0n) is 11.2. The molecule has 0 amide bonds. The summed E-state index contributed by atoms with van der Waals surface area (Å²) in [5.41, 5.74) is -0.178. The number of carboxylic acids is 4. The maximum absolute atomic E-state index is 10.3. The number of carbonyl (C=O) groups is 4. The van der Waals surface area contributed by atoms with Crippen molar-refractivity contribution >= 4 is 34.0 Å². The number of aliphatic carboxylic acids is 4. The van der Waals surface area contributed by atoms with Crippen LogP contribution in [0.5, 0.6) is 0 Å². The molecular formula is C10H14O11S. The molecule has 126 valence electrons. The fraction of sp³-hybridized carbons (Fsp3) is 0.400. The first-order chi connectivity index (χ1) is 9.76. The third-order valence-corrected chi connectivity index (χ3v) is 2.68. The van der Waals surface area contributed by atoms with Crippen molar-refractivity contribution in [3.05, 3.63) is 11.6 Å². The normalized spacial score (nSPS) is 12.5. The van der Waals surface area contributed by atoms with Crippen molar-refractivity contribution < 1.29 is 52.6 Å². The van der Waals surface area contributed by atoms with Gasteiger partial charge in [-0.25, -0.2) is 9.59 Å². The Kier molecular flexibility index (Phi) is 9.39. The first kappa shape index (κ1) is 21.8. The van der Waals surface area contributed by atoms with Crippen molar-refractivity contribution in [2.75, 3.05) is 5.75 Å². The highest BCUT2D eigenvalue weighted by Crippen LogP contribution is 2.06. The molecule has 0 bridgehead atoms. The summed E-state index contributed by atoms with van der Waals surface area (Å²) in [6.45, 7) is 1.22. The average Bonchev–Trinajstić information content (AvgIpc) is 2.25. The van der Waals surface area contributed by atoms with Crippen molar-refractivity contribution in [2.45, 2.75) is 13.3 Å². The summed E-state index contributed by atoms with van der Waals surface area (Å²) >= 11 is 0. The molecule has 0 radical (unpaired) electrons. The van der Waals surface area contributed by atoms with E-state index in [0.29, 0.717) is 6.08 Å². The Labute approximate surface area is 124 Å². The molecule has 0 spiro atoms. The van der Waals surface area contributed by atoms with Crippen molar-refractivity contribution in [1.29, 1.82) is 0 Å². The summed E-state index contributed by atoms with van der Waals surface area (Å²) in [5.74, 6) is -8.16. The van der Waals surface area contributed by atoms with E-state index in [4.69, 9.17) is 25.0 Å². The van der Waals surface area contributed by atoms with Gasteiger partial charge in [0.2, 0.25) is 0 Å². The highest BCUT2D eigenvalue weighted by Gasteiger charge is 2.26. The maximum atomic E-state index is 10.3. The lowest BCUT2D eigenvalue weighted by atomic mass is 10.1. The molecule has 0 aliphatic carbocycles. The minimum absolute atomic E-state index is 0.178. The number of hydrogen-bond acceptors (Lipinski definition) is 6. The summed E-state index contributed by atoms with van der Waals surface area (Å²) in [4.78, 5) is 40.0. The van der Waals surface area contributed by atoms with Gasteiger partial charge in [-0.3, -0.25) is 14.1 Å². The molecule has 0 aromatic rings. The number of carboxylic acid groups (broad SMARTS) is 4. The van der Waals surface area contributed by atoms with Gasteiger partial charge in [0.15, 0.2) is 0 Å². The molecule has 0 saturated carbocycles. The summed E-state index contributed by atoms with van der Waals surface area (Å²) < 4.78 is 28.7. The fourth-order valence-corrected chi connectivity index (χ4v) is 1.70. The van der Waals surface area contributed by atoms with Gasteiger partial charge < -0.3 is 20.4 Å². The van der Waals surface area contributed by atoms with Crippen LogP contribution in [0.25, 0.3) is 0 Å². The van der Waals surface area contributed by atoms with Gasteiger partial charge >= 0.3 is 23.9 Å². The second-order valence-electron chi connectivity index (χ2n) is 3.85. The highest BCUT2D eigenvalue weighted by molar-refractivity contribution is 7.85. The van der Waals surface area contributed by atoms with Gasteiger partial charge in [-0.2, -0.15) is 8.42 Å². The Bertz CT molecular complexity index is 572. The lowest BCUT2D eigenvalue weighted by Gasteiger charge is -2.06. The standard InChI is InChI=1S/C5H8O7S.C5H6O4/c6-4(7)1-3(5(8)9)2-13(10,11)12;1-3(5(8)9)2-4(6)7/h3H,1-2H2,(H,6,7)(H,8,9)(H,10,11,12);2H,1H3,(H,6,7)(H,8,9)/b;3-2-. The Balaban J connectivity index is 0. The zero-order chi connectivity index (χ0) is 18.1. The Morgan fingerprint density at radius 1 is 1.05 bits per heavy atom. The van der Waals surface area contributed by atoms with Crippen LogP contribution in [-0.2, 0) is 29.3 Å². The van der Waals surface area contributed by atoms with Gasteiger partial charge in [0.05, 0.1) is 18.1 Å². The van der Waals surface area contributed by atoms with E-state index in [1.54, 1.807) is 0 Å². The van der Waals surface area contributed by atoms with Crippen molar-refractivity contribution in [1.82, 2.24) is 0 Å². The van der Waals surface area contributed by atoms with E-state index < -0.39 is 52.1 Å². The van der Waals surface area contributed by atoms with Crippen molar-refractivity contribution in [3.8, 4) is 0 Å². The number of hydrogen-bond donors (Lipinski definition) is 5. The lowest BCUT2D eigenvalue weighted by molar-refractivity contribution is -0.147. The fourth-order valence-electron chi connectivity index (χ4n) is 0.929. The molecular weight excluding hydrogens is 328 g/mol. The van der Waals surface area contributed by atoms with Crippen LogP contribution in [0.3, 0.4) is 0 Å². The topological polar surface area (TPSA) is 204 Å². The lowest BCUT2D eigenvalue weighted by Crippen LogP contribution is -2.25. The van der Waals surface area contributed by atoms with Gasteiger partial charge in [0, 0.05) is 11.6 Å². The van der Waals surface area contributed by atoms with Crippen molar-refractivity contribution in [3.63, 3.8) is 0 Å². The van der Waals surface area contributed by atoms with Crippen LogP contribution in [0.2, 0.25) is 0 Å². The zero-order valence-corrected chi connectivity index (χ0v) is 12.0. The molecule has 0 aromatic carbocycles. The molecule has 0 fully saturated rings. The van der Waals surface area contributed by atoms with E-state index in [-0.39, 0.29) is 5.57 Å². The van der Waals surface area contributed by atoms with E-state index in [9.17, 15) is 27.6 Å². The first-order valence-corrected chi connectivity index (χ1v) is 6.91. The summed E-state index contributed by atoms with van der Waals surface area (Å²) in [7, 11) is -4.46. The van der Waals surface area contributed by atoms with Crippen LogP contribution in [0.15, 0.2) is 11.6 Å². The third kappa shape index (κ3) is 14.0. The van der Waals surface area contributed by atoms with Crippen LogP contribution in [0, 0.1) is 5.92 Å². The van der Waals surface area contributed by atoms with Crippen molar-refractivity contribution in [2.24, 2.45) is 5.92 Å². The minimum Gasteiger partial charge on any atom is -0.481 e. The molecule has 5 N–H and O–H groups in total. The van der Waals surface area contributed by atoms with Crippen LogP contribution in [0.4, 0.5) is 0 Å². The quantitative estimate of drug-likeness (QED) is 0.284. The number of rotatable bonds is 7. The Hall–Kier alpha value is -2.47. The van der Waals surface area contributed by atoms with E-state index in [1.165, 1.54) is 6.92 Å². The van der Waals surface area contributed by atoms with Gasteiger partial charge in [-0.05, 0) is 6.92 Å². The van der Waals surface area contributed by atoms with E-state index in [1.807, 2.05) is 0 Å². The molecule has 1 atom stereocenters. The molecule has 0 aromatic heterocycles. The van der Waals surface area contributed by atoms with Crippen LogP contribution in [0.1, 0.15) is 13.3 Å². The first-order valence-electron chi connectivity index (χ1n) is 5.30. The molecule has 22 heavy (non-hydrogen) atoms. The van der Waals surface area contributed by atoms with E-state index in [0.717, 1.165) is 0 Å². The van der Waals surface area contributed by atoms with Gasteiger partial charge in [0.1, 0.15) is 0 Å². The summed E-state index contributed by atoms with van der Waals surface area (Å²) in [5, 5.41) is 32.6. The van der Waals surface area contributed by atoms with E-state index in [2.05, 4.69) is 0 Å². The van der Waals surface area contributed by atoms with Gasteiger partial charge in [-0.1, -0.05) is 0 Å². The van der Waals surface area contributed by atoms with Gasteiger partial charge in [0.25, 0.3) is 10.1 Å². The Morgan fingerprint density at radius 3 is 1.68 bits per heavy atom. The molecule has 0 aliphatic rings. The van der Waals surface area contributed by atoms with E-state index >= 15 is 0 Å². The highest BCUT2D eigenvalue weighted by atomic mass is 32.2. The second kappa shape index (κ2) is 9.46. The molecule has 12 heteroatoms. The predicted molar refractivity (Wildman–Crippen MR) is 68.8 cm³/mol. The smallest absolute Gasteiger partial charge is 0.331 e.